The molecule has 2 saturated carbocycles. The maximum Gasteiger partial charge on any atom is 0.226 e. The van der Waals surface area contributed by atoms with Crippen molar-refractivity contribution in [2.45, 2.75) is 83.2 Å². The molecule has 1 saturated heterocycles. The van der Waals surface area contributed by atoms with Gasteiger partial charge in [0.2, 0.25) is 13.3 Å². The first kappa shape index (κ1) is 31.5. The summed E-state index contributed by atoms with van der Waals surface area (Å²) in [6, 6.07) is 3.04. The summed E-state index contributed by atoms with van der Waals surface area (Å²) >= 11 is 0. The molecule has 2 aliphatic carbocycles. The minimum Gasteiger partial charge on any atom is -0.383 e. The van der Waals surface area contributed by atoms with Gasteiger partial charge in [-0.05, 0) is 77.4 Å². The third-order valence-electron chi connectivity index (χ3n) is 8.83. The fourth-order valence-corrected chi connectivity index (χ4v) is 7.69. The van der Waals surface area contributed by atoms with Crippen LogP contribution in [0.3, 0.4) is 0 Å². The van der Waals surface area contributed by atoms with Crippen LogP contribution in [0.2, 0.25) is 0 Å². The van der Waals surface area contributed by atoms with Gasteiger partial charge in [-0.15, -0.1) is 0 Å². The van der Waals surface area contributed by atoms with Crippen LogP contribution in [0.15, 0.2) is 6.07 Å². The Kier molecular flexibility index (Phi) is 12.8. The van der Waals surface area contributed by atoms with Gasteiger partial charge < -0.3 is 31.1 Å². The summed E-state index contributed by atoms with van der Waals surface area (Å²) in [6.45, 7) is 11.9. The Morgan fingerprint density at radius 1 is 1.00 bits per heavy atom. The van der Waals surface area contributed by atoms with E-state index in [2.05, 4.69) is 30.7 Å². The lowest BCUT2D eigenvalue weighted by atomic mass is 9.86. The second kappa shape index (κ2) is 16.3. The summed E-state index contributed by atoms with van der Waals surface area (Å²) in [7, 11) is -2.49. The molecule has 11 heteroatoms. The second-order valence-corrected chi connectivity index (χ2v) is 14.9. The lowest BCUT2D eigenvalue weighted by Crippen LogP contribution is -2.47. The topological polar surface area (TPSA) is 121 Å². The zero-order valence-electron chi connectivity index (χ0n) is 25.1. The first-order valence-electron chi connectivity index (χ1n) is 15.9. The highest BCUT2D eigenvalue weighted by Gasteiger charge is 2.24. The smallest absolute Gasteiger partial charge is 0.226 e. The maximum absolute atomic E-state index is 12.4. The summed E-state index contributed by atoms with van der Waals surface area (Å²) in [6.07, 6.45) is 13.5. The average molecular weight is 579 g/mol. The number of nitrogens with zero attached hydrogens (tertiary/aromatic N) is 4. The van der Waals surface area contributed by atoms with Crippen LogP contribution in [-0.2, 0) is 9.09 Å². The molecule has 3 aliphatic rings. The Morgan fingerprint density at radius 3 is 2.48 bits per heavy atom. The zero-order valence-corrected chi connectivity index (χ0v) is 26.0. The molecule has 1 aliphatic heterocycles. The van der Waals surface area contributed by atoms with Crippen molar-refractivity contribution in [3.05, 3.63) is 6.07 Å². The third kappa shape index (κ3) is 10.8. The van der Waals surface area contributed by atoms with E-state index in [4.69, 9.17) is 15.2 Å². The van der Waals surface area contributed by atoms with Gasteiger partial charge in [0.1, 0.15) is 11.6 Å². The van der Waals surface area contributed by atoms with Crippen molar-refractivity contribution in [2.24, 2.45) is 5.92 Å². The van der Waals surface area contributed by atoms with Gasteiger partial charge in [0.15, 0.2) is 0 Å². The van der Waals surface area contributed by atoms with Crippen LogP contribution >= 0.6 is 7.37 Å². The van der Waals surface area contributed by atoms with Crippen LogP contribution in [0.25, 0.3) is 0 Å². The molecular weight excluding hydrogens is 523 g/mol. The van der Waals surface area contributed by atoms with Crippen molar-refractivity contribution < 1.29 is 9.09 Å². The fourth-order valence-electron chi connectivity index (χ4n) is 6.37. The van der Waals surface area contributed by atoms with E-state index in [0.717, 1.165) is 83.0 Å². The Hall–Kier alpha value is -1.45. The van der Waals surface area contributed by atoms with Gasteiger partial charge in [-0.1, -0.05) is 19.3 Å². The van der Waals surface area contributed by atoms with Crippen LogP contribution in [0.5, 0.6) is 0 Å². The van der Waals surface area contributed by atoms with E-state index in [1.54, 1.807) is 6.66 Å². The summed E-state index contributed by atoms with van der Waals surface area (Å²) in [5, 5.41) is 11.0. The predicted octanol–water partition coefficient (Wildman–Crippen LogP) is 4.00. The lowest BCUT2D eigenvalue weighted by Gasteiger charge is -2.36. The Labute approximate surface area is 242 Å². The van der Waals surface area contributed by atoms with Crippen LogP contribution in [0, 0.1) is 5.92 Å². The SMILES string of the molecule is CCOP(C)(=O)CCN1CCN(c2cc(N)nc(NC3CCC(CNCCCNC4CCCCC4)CC3)n2)CC1. The molecule has 0 aromatic carbocycles. The number of rotatable bonds is 15. The fraction of sp³-hybridized carbons (Fsp3) is 0.862. The van der Waals surface area contributed by atoms with Gasteiger partial charge in [0, 0.05) is 63.7 Å². The van der Waals surface area contributed by atoms with Gasteiger partial charge >= 0.3 is 0 Å². The molecule has 4 rings (SSSR count). The first-order chi connectivity index (χ1) is 19.4. The van der Waals surface area contributed by atoms with Crippen LogP contribution < -0.4 is 26.6 Å². The van der Waals surface area contributed by atoms with Crippen LogP contribution in [0.4, 0.5) is 17.6 Å². The molecule has 0 radical (unpaired) electrons. The number of hydrogen-bond acceptors (Lipinski definition) is 10. The van der Waals surface area contributed by atoms with Crippen molar-refractivity contribution in [3.8, 4) is 0 Å². The van der Waals surface area contributed by atoms with Crippen molar-refractivity contribution in [3.63, 3.8) is 0 Å². The quantitative estimate of drug-likeness (QED) is 0.180. The minimum absolute atomic E-state index is 0.400. The summed E-state index contributed by atoms with van der Waals surface area (Å²) in [5.74, 6) is 2.80. The average Bonchev–Trinajstić information content (AvgIpc) is 2.95. The molecule has 10 nitrogen and oxygen atoms in total. The molecule has 2 heterocycles. The van der Waals surface area contributed by atoms with E-state index < -0.39 is 7.37 Å². The summed E-state index contributed by atoms with van der Waals surface area (Å²) in [4.78, 5) is 14.0. The third-order valence-corrected chi connectivity index (χ3v) is 10.7. The second-order valence-electron chi connectivity index (χ2n) is 12.2. The number of nitrogens with two attached hydrogens (primary N) is 1. The van der Waals surface area contributed by atoms with Gasteiger partial charge in [0.25, 0.3) is 0 Å². The maximum atomic E-state index is 12.4. The van der Waals surface area contributed by atoms with E-state index in [1.807, 2.05) is 13.0 Å². The predicted molar refractivity (Wildman–Crippen MR) is 167 cm³/mol. The molecule has 0 bridgehead atoms. The van der Waals surface area contributed by atoms with Gasteiger partial charge in [0.05, 0.1) is 6.61 Å². The number of anilines is 3. The number of piperazine rings is 1. The zero-order chi connectivity index (χ0) is 28.2. The highest BCUT2D eigenvalue weighted by atomic mass is 31.2. The molecule has 1 atom stereocenters. The van der Waals surface area contributed by atoms with Crippen molar-refractivity contribution >= 4 is 25.0 Å². The van der Waals surface area contributed by atoms with Crippen molar-refractivity contribution in [1.82, 2.24) is 25.5 Å². The molecule has 1 aromatic rings. The molecule has 5 N–H and O–H groups in total. The monoisotopic (exact) mass is 578 g/mol. The van der Waals surface area contributed by atoms with E-state index >= 15 is 0 Å². The van der Waals surface area contributed by atoms with Crippen molar-refractivity contribution in [2.75, 3.05) is 87.7 Å². The number of hydrogen-bond donors (Lipinski definition) is 4. The molecule has 228 valence electrons. The number of nitrogen functional groups attached to an aromatic ring is 1. The number of aromatic nitrogens is 2. The Bertz CT molecular complexity index is 915. The molecule has 0 spiro atoms. The molecule has 0 amide bonds. The minimum atomic E-state index is -2.49. The van der Waals surface area contributed by atoms with Crippen molar-refractivity contribution in [1.29, 1.82) is 0 Å². The molecule has 1 aromatic heterocycles. The standard InChI is InChI=1S/C29H55N8O2P/c1-3-39-40(2,38)21-20-36-16-18-37(19-17-36)28-22-27(30)34-29(35-28)33-26-12-10-24(11-13-26)23-31-14-7-15-32-25-8-5-4-6-9-25/h22,24-26,31-32H,3-21,23H2,1-2H3,(H3,30,33,34,35). The normalized spacial score (nSPS) is 24.6. The largest absolute Gasteiger partial charge is 0.383 e. The molecule has 3 fully saturated rings. The highest BCUT2D eigenvalue weighted by molar-refractivity contribution is 7.58. The molecular formula is C29H55N8O2P. The molecule has 1 unspecified atom stereocenters. The van der Waals surface area contributed by atoms with E-state index in [9.17, 15) is 4.57 Å². The van der Waals surface area contributed by atoms with Gasteiger partial charge in [-0.2, -0.15) is 9.97 Å². The lowest BCUT2D eigenvalue weighted by molar-refractivity contribution is 0.265. The highest BCUT2D eigenvalue weighted by Crippen LogP contribution is 2.41. The van der Waals surface area contributed by atoms with Gasteiger partial charge in [-0.25, -0.2) is 0 Å². The molecule has 40 heavy (non-hydrogen) atoms. The summed E-state index contributed by atoms with van der Waals surface area (Å²) in [5.41, 5.74) is 6.19. The van der Waals surface area contributed by atoms with Gasteiger partial charge in [-0.3, -0.25) is 9.46 Å². The van der Waals surface area contributed by atoms with E-state index in [0.29, 0.717) is 30.6 Å². The van der Waals surface area contributed by atoms with E-state index in [1.165, 1.54) is 51.4 Å². The van der Waals surface area contributed by atoms with Crippen LogP contribution in [0.1, 0.15) is 71.1 Å². The Morgan fingerprint density at radius 2 is 1.75 bits per heavy atom. The summed E-state index contributed by atoms with van der Waals surface area (Å²) < 4.78 is 17.9. The Balaban J connectivity index is 1.12. The number of nitrogens with one attached hydrogen (secondary N) is 3. The van der Waals surface area contributed by atoms with E-state index in [-0.39, 0.29) is 0 Å². The first-order valence-corrected chi connectivity index (χ1v) is 18.2. The van der Waals surface area contributed by atoms with Crippen LogP contribution in [-0.4, -0.2) is 98.7 Å².